The molecule has 0 unspecified atom stereocenters. The van der Waals surface area contributed by atoms with Crippen molar-refractivity contribution in [3.05, 3.63) is 53.6 Å². The summed E-state index contributed by atoms with van der Waals surface area (Å²) >= 11 is 0. The Balaban J connectivity index is 2.25. The summed E-state index contributed by atoms with van der Waals surface area (Å²) in [5.41, 5.74) is 1.87. The van der Waals surface area contributed by atoms with Gasteiger partial charge in [-0.25, -0.2) is 9.97 Å². The number of nitriles is 1. The summed E-state index contributed by atoms with van der Waals surface area (Å²) in [5.74, 6) is -0.358. The highest BCUT2D eigenvalue weighted by Crippen LogP contribution is 2.14. The molecule has 88 valence electrons. The molecule has 1 N–H and O–H groups in total. The molecule has 0 atom stereocenters. The highest BCUT2D eigenvalue weighted by Gasteiger charge is 2.10. The Morgan fingerprint density at radius 1 is 1.33 bits per heavy atom. The monoisotopic (exact) mass is 238 g/mol. The van der Waals surface area contributed by atoms with Crippen molar-refractivity contribution in [2.75, 3.05) is 5.32 Å². The van der Waals surface area contributed by atoms with Crippen LogP contribution in [0, 0.1) is 18.3 Å². The van der Waals surface area contributed by atoms with Crippen molar-refractivity contribution in [1.29, 1.82) is 5.26 Å². The number of aromatic nitrogens is 2. The van der Waals surface area contributed by atoms with E-state index >= 15 is 0 Å². The largest absolute Gasteiger partial charge is 0.319 e. The van der Waals surface area contributed by atoms with Gasteiger partial charge in [-0.15, -0.1) is 0 Å². The van der Waals surface area contributed by atoms with Gasteiger partial charge in [0, 0.05) is 5.69 Å². The number of anilines is 1. The van der Waals surface area contributed by atoms with E-state index in [1.807, 2.05) is 6.07 Å². The lowest BCUT2D eigenvalue weighted by atomic mass is 10.2. The zero-order chi connectivity index (χ0) is 13.0. The van der Waals surface area contributed by atoms with Crippen LogP contribution in [0.15, 0.2) is 36.7 Å². The van der Waals surface area contributed by atoms with E-state index in [-0.39, 0.29) is 11.6 Å². The molecule has 5 heteroatoms. The lowest BCUT2D eigenvalue weighted by Gasteiger charge is -2.06. The van der Waals surface area contributed by atoms with Gasteiger partial charge in [0.1, 0.15) is 18.1 Å². The summed E-state index contributed by atoms with van der Waals surface area (Å²) in [7, 11) is 0. The fourth-order valence-electron chi connectivity index (χ4n) is 1.45. The molecule has 0 aliphatic heterocycles. The van der Waals surface area contributed by atoms with Crippen LogP contribution in [-0.2, 0) is 0 Å². The summed E-state index contributed by atoms with van der Waals surface area (Å²) in [6.45, 7) is 1.78. The van der Waals surface area contributed by atoms with Crippen molar-refractivity contribution in [2.24, 2.45) is 0 Å². The number of benzene rings is 1. The van der Waals surface area contributed by atoms with Crippen LogP contribution in [-0.4, -0.2) is 15.9 Å². The quantitative estimate of drug-likeness (QED) is 0.866. The third kappa shape index (κ3) is 2.50. The van der Waals surface area contributed by atoms with Gasteiger partial charge in [-0.3, -0.25) is 4.79 Å². The molecule has 1 heterocycles. The number of carbonyl (C=O) groups is 1. The van der Waals surface area contributed by atoms with Crippen molar-refractivity contribution in [2.45, 2.75) is 6.92 Å². The van der Waals surface area contributed by atoms with Crippen LogP contribution in [0.2, 0.25) is 0 Å². The Morgan fingerprint density at radius 2 is 2.11 bits per heavy atom. The number of nitrogens with one attached hydrogen (secondary N) is 1. The van der Waals surface area contributed by atoms with Crippen molar-refractivity contribution in [1.82, 2.24) is 9.97 Å². The molecular weight excluding hydrogens is 228 g/mol. The lowest BCUT2D eigenvalue weighted by molar-refractivity contribution is 0.102. The lowest BCUT2D eigenvalue weighted by Crippen LogP contribution is -2.14. The van der Waals surface area contributed by atoms with E-state index in [0.717, 1.165) is 0 Å². The fraction of sp³-hybridized carbons (Fsp3) is 0.0769. The minimum atomic E-state index is -0.358. The molecule has 0 bridgehead atoms. The summed E-state index contributed by atoms with van der Waals surface area (Å²) in [5, 5.41) is 11.6. The van der Waals surface area contributed by atoms with Gasteiger partial charge < -0.3 is 5.32 Å². The van der Waals surface area contributed by atoms with E-state index in [1.54, 1.807) is 37.3 Å². The molecule has 0 saturated carbocycles. The molecule has 0 saturated heterocycles. The summed E-state index contributed by atoms with van der Waals surface area (Å²) in [6, 6.07) is 10.4. The number of nitrogens with zero attached hydrogens (tertiary/aromatic N) is 3. The van der Waals surface area contributed by atoms with E-state index in [2.05, 4.69) is 15.3 Å². The van der Waals surface area contributed by atoms with Gasteiger partial charge in [-0.1, -0.05) is 12.1 Å². The second-order valence-electron chi connectivity index (χ2n) is 3.66. The molecule has 2 aromatic rings. The summed E-state index contributed by atoms with van der Waals surface area (Å²) in [4.78, 5) is 19.7. The second kappa shape index (κ2) is 5.06. The van der Waals surface area contributed by atoms with E-state index < -0.39 is 0 Å². The Hall–Kier alpha value is -2.74. The first kappa shape index (κ1) is 11.7. The molecule has 0 aliphatic carbocycles. The average Bonchev–Trinajstić information content (AvgIpc) is 2.39. The number of aryl methyl sites for hydroxylation is 1. The Morgan fingerprint density at radius 3 is 2.83 bits per heavy atom. The zero-order valence-electron chi connectivity index (χ0n) is 9.71. The molecule has 0 aliphatic rings. The molecule has 0 fully saturated rings. The maximum atomic E-state index is 11.9. The highest BCUT2D eigenvalue weighted by molar-refractivity contribution is 6.03. The minimum absolute atomic E-state index is 0.273. The minimum Gasteiger partial charge on any atom is -0.319 e. The average molecular weight is 238 g/mol. The van der Waals surface area contributed by atoms with Gasteiger partial charge >= 0.3 is 0 Å². The normalized spacial score (nSPS) is 9.56. The van der Waals surface area contributed by atoms with Gasteiger partial charge in [-0.2, -0.15) is 5.26 Å². The number of hydrogen-bond donors (Lipinski definition) is 1. The number of rotatable bonds is 2. The topological polar surface area (TPSA) is 78.7 Å². The molecule has 0 radical (unpaired) electrons. The van der Waals surface area contributed by atoms with Crippen LogP contribution >= 0.6 is 0 Å². The van der Waals surface area contributed by atoms with E-state index in [4.69, 9.17) is 5.26 Å². The molecule has 1 aromatic carbocycles. The predicted molar refractivity (Wildman–Crippen MR) is 65.9 cm³/mol. The second-order valence-corrected chi connectivity index (χ2v) is 3.66. The molecule has 0 spiro atoms. The zero-order valence-corrected chi connectivity index (χ0v) is 9.71. The summed E-state index contributed by atoms with van der Waals surface area (Å²) in [6.07, 6.45) is 1.33. The summed E-state index contributed by atoms with van der Waals surface area (Å²) < 4.78 is 0. The van der Waals surface area contributed by atoms with Gasteiger partial charge in [0.25, 0.3) is 5.91 Å². The van der Waals surface area contributed by atoms with Gasteiger partial charge in [0.05, 0.1) is 11.3 Å². The maximum absolute atomic E-state index is 11.9. The first-order valence-corrected chi connectivity index (χ1v) is 5.30. The predicted octanol–water partition coefficient (Wildman–Crippen LogP) is 1.91. The van der Waals surface area contributed by atoms with Crippen LogP contribution in [0.25, 0.3) is 0 Å². The SMILES string of the molecule is Cc1cc(C(=O)Nc2ccccc2C#N)ncn1. The first-order valence-electron chi connectivity index (χ1n) is 5.30. The third-order valence-corrected chi connectivity index (χ3v) is 2.33. The van der Waals surface area contributed by atoms with Gasteiger partial charge in [-0.05, 0) is 25.1 Å². The van der Waals surface area contributed by atoms with Crippen molar-refractivity contribution < 1.29 is 4.79 Å². The van der Waals surface area contributed by atoms with Crippen LogP contribution < -0.4 is 5.32 Å². The number of amides is 1. The fourth-order valence-corrected chi connectivity index (χ4v) is 1.45. The Bertz CT molecular complexity index is 631. The third-order valence-electron chi connectivity index (χ3n) is 2.33. The maximum Gasteiger partial charge on any atom is 0.274 e. The van der Waals surface area contributed by atoms with Crippen LogP contribution in [0.1, 0.15) is 21.7 Å². The first-order chi connectivity index (χ1) is 8.70. The molecular formula is C13H10N4O. The molecule has 5 nitrogen and oxygen atoms in total. The van der Waals surface area contributed by atoms with E-state index in [1.165, 1.54) is 6.33 Å². The smallest absolute Gasteiger partial charge is 0.274 e. The highest BCUT2D eigenvalue weighted by atomic mass is 16.1. The van der Waals surface area contributed by atoms with Crippen LogP contribution in [0.4, 0.5) is 5.69 Å². The standard InChI is InChI=1S/C13H10N4O/c1-9-6-12(16-8-15-9)13(18)17-11-5-3-2-4-10(11)7-14/h2-6,8H,1H3,(H,17,18). The van der Waals surface area contributed by atoms with Crippen LogP contribution in [0.5, 0.6) is 0 Å². The van der Waals surface area contributed by atoms with Gasteiger partial charge in [0.2, 0.25) is 0 Å². The molecule has 1 amide bonds. The molecule has 2 rings (SSSR count). The van der Waals surface area contributed by atoms with E-state index in [9.17, 15) is 4.79 Å². The number of para-hydroxylation sites is 1. The number of hydrogen-bond acceptors (Lipinski definition) is 4. The Kier molecular flexibility index (Phi) is 3.30. The van der Waals surface area contributed by atoms with Crippen molar-refractivity contribution in [3.63, 3.8) is 0 Å². The molecule has 1 aromatic heterocycles. The van der Waals surface area contributed by atoms with Gasteiger partial charge in [0.15, 0.2) is 0 Å². The van der Waals surface area contributed by atoms with Crippen LogP contribution in [0.3, 0.4) is 0 Å². The Labute approximate surface area is 104 Å². The molecule has 18 heavy (non-hydrogen) atoms. The van der Waals surface area contributed by atoms with Crippen molar-refractivity contribution in [3.8, 4) is 6.07 Å². The van der Waals surface area contributed by atoms with E-state index in [0.29, 0.717) is 16.9 Å². The number of carbonyl (C=O) groups excluding carboxylic acids is 1. The van der Waals surface area contributed by atoms with Crippen molar-refractivity contribution >= 4 is 11.6 Å².